The van der Waals surface area contributed by atoms with Crippen LogP contribution in [0.4, 0.5) is 5.82 Å². The number of piperazine rings is 1. The van der Waals surface area contributed by atoms with Crippen molar-refractivity contribution in [1.29, 1.82) is 0 Å². The van der Waals surface area contributed by atoms with Crippen molar-refractivity contribution in [1.82, 2.24) is 13.9 Å². The molecule has 0 bridgehead atoms. The molecule has 1 aliphatic heterocycles. The number of hydrogen-bond acceptors (Lipinski definition) is 6. The smallest absolute Gasteiger partial charge is 0.269 e. The Morgan fingerprint density at radius 1 is 0.964 bits per heavy atom. The lowest BCUT2D eigenvalue weighted by atomic mass is 10.3. The molecule has 1 aliphatic rings. The second-order valence-corrected chi connectivity index (χ2v) is 8.92. The molecule has 0 aliphatic carbocycles. The molecule has 0 atom stereocenters. The van der Waals surface area contributed by atoms with Crippen LogP contribution in [0.25, 0.3) is 22.0 Å². The molecule has 7 nitrogen and oxygen atoms in total. The van der Waals surface area contributed by atoms with E-state index in [0.29, 0.717) is 11.2 Å². The van der Waals surface area contributed by atoms with Gasteiger partial charge in [-0.3, -0.25) is 0 Å². The molecule has 4 heterocycles. The number of likely N-dealkylation sites (N-methyl/N-ethyl adjacent to an activating group) is 1. The predicted octanol–water partition coefficient (Wildman–Crippen LogP) is 2.77. The molecule has 1 fully saturated rings. The fourth-order valence-corrected chi connectivity index (χ4v) is 4.94. The van der Waals surface area contributed by atoms with Crippen molar-refractivity contribution in [2.75, 3.05) is 38.1 Å². The Morgan fingerprint density at radius 2 is 1.79 bits per heavy atom. The van der Waals surface area contributed by atoms with Gasteiger partial charge < -0.3 is 14.2 Å². The maximum atomic E-state index is 13.3. The number of pyridine rings is 1. The molecule has 1 aromatic carbocycles. The van der Waals surface area contributed by atoms with E-state index in [-0.39, 0.29) is 4.90 Å². The number of anilines is 1. The minimum absolute atomic E-state index is 0.214. The second kappa shape index (κ2) is 6.35. The molecular weight excluding hydrogens is 376 g/mol. The average Bonchev–Trinajstić information content (AvgIpc) is 3.34. The van der Waals surface area contributed by atoms with E-state index >= 15 is 0 Å². The molecular formula is C20H20N4O3S. The topological polar surface area (TPSA) is 71.6 Å². The second-order valence-electron chi connectivity index (χ2n) is 7.11. The van der Waals surface area contributed by atoms with Crippen LogP contribution in [0.2, 0.25) is 0 Å². The third-order valence-electron chi connectivity index (χ3n) is 5.30. The number of furan rings is 1. The molecule has 0 radical (unpaired) electrons. The van der Waals surface area contributed by atoms with Gasteiger partial charge in [0.05, 0.1) is 11.2 Å². The van der Waals surface area contributed by atoms with Crippen molar-refractivity contribution in [3.8, 4) is 0 Å². The summed E-state index contributed by atoms with van der Waals surface area (Å²) < 4.78 is 33.1. The van der Waals surface area contributed by atoms with Crippen molar-refractivity contribution >= 4 is 37.8 Å². The molecule has 0 amide bonds. The molecule has 1 saturated heterocycles. The molecule has 4 aromatic rings. The van der Waals surface area contributed by atoms with Gasteiger partial charge in [0.2, 0.25) is 0 Å². The van der Waals surface area contributed by atoms with E-state index in [4.69, 9.17) is 9.40 Å². The summed E-state index contributed by atoms with van der Waals surface area (Å²) in [4.78, 5) is 9.38. The largest absolute Gasteiger partial charge is 0.464 e. The predicted molar refractivity (Wildman–Crippen MR) is 108 cm³/mol. The third kappa shape index (κ3) is 2.76. The number of fused-ring (bicyclic) bond motifs is 2. The standard InChI is InChI=1S/C20H20N4O3S/c1-22-9-11-23(12-10-22)19-5-2-15-6-8-24(20(15)21-19)28(25,26)17-3-4-18-16(14-17)7-13-27-18/h2-8,13-14H,9-12H2,1H3. The van der Waals surface area contributed by atoms with Crippen LogP contribution >= 0.6 is 0 Å². The van der Waals surface area contributed by atoms with Crippen LogP contribution < -0.4 is 4.90 Å². The van der Waals surface area contributed by atoms with Crippen molar-refractivity contribution in [2.24, 2.45) is 0 Å². The number of benzene rings is 1. The van der Waals surface area contributed by atoms with Gasteiger partial charge in [-0.2, -0.15) is 0 Å². The van der Waals surface area contributed by atoms with Crippen LogP contribution in [-0.4, -0.2) is 55.5 Å². The lowest BCUT2D eigenvalue weighted by molar-refractivity contribution is 0.312. The van der Waals surface area contributed by atoms with Crippen molar-refractivity contribution in [2.45, 2.75) is 4.90 Å². The molecule has 0 N–H and O–H groups in total. The highest BCUT2D eigenvalue weighted by molar-refractivity contribution is 7.90. The summed E-state index contributed by atoms with van der Waals surface area (Å²) >= 11 is 0. The number of rotatable bonds is 3. The first-order chi connectivity index (χ1) is 13.5. The molecule has 0 unspecified atom stereocenters. The first-order valence-corrected chi connectivity index (χ1v) is 10.6. The summed E-state index contributed by atoms with van der Waals surface area (Å²) in [6.07, 6.45) is 3.12. The van der Waals surface area contributed by atoms with E-state index < -0.39 is 10.0 Å². The van der Waals surface area contributed by atoms with Gasteiger partial charge in [0, 0.05) is 43.1 Å². The van der Waals surface area contributed by atoms with Gasteiger partial charge in [-0.1, -0.05) is 0 Å². The monoisotopic (exact) mass is 396 g/mol. The summed E-state index contributed by atoms with van der Waals surface area (Å²) in [5.74, 6) is 0.807. The molecule has 8 heteroatoms. The summed E-state index contributed by atoms with van der Waals surface area (Å²) in [6, 6.07) is 12.3. The zero-order valence-electron chi connectivity index (χ0n) is 15.4. The SMILES string of the molecule is CN1CCN(c2ccc3ccn(S(=O)(=O)c4ccc5occc5c4)c3n2)CC1. The zero-order valence-corrected chi connectivity index (χ0v) is 16.3. The molecule has 5 rings (SSSR count). The van der Waals surface area contributed by atoms with Crippen LogP contribution in [0, 0.1) is 0 Å². The minimum atomic E-state index is -3.76. The van der Waals surface area contributed by atoms with E-state index in [1.807, 2.05) is 12.1 Å². The van der Waals surface area contributed by atoms with E-state index in [0.717, 1.165) is 42.8 Å². The summed E-state index contributed by atoms with van der Waals surface area (Å²) in [7, 11) is -1.66. The maximum absolute atomic E-state index is 13.3. The Balaban J connectivity index is 1.58. The first kappa shape index (κ1) is 17.3. The maximum Gasteiger partial charge on any atom is 0.269 e. The van der Waals surface area contributed by atoms with Crippen molar-refractivity contribution in [3.05, 3.63) is 54.9 Å². The summed E-state index contributed by atoms with van der Waals surface area (Å²) in [5, 5.41) is 1.55. The quantitative estimate of drug-likeness (QED) is 0.530. The fraction of sp³-hybridized carbons (Fsp3) is 0.250. The third-order valence-corrected chi connectivity index (χ3v) is 6.96. The Morgan fingerprint density at radius 3 is 2.61 bits per heavy atom. The van der Waals surface area contributed by atoms with E-state index in [1.54, 1.807) is 42.8 Å². The molecule has 3 aromatic heterocycles. The van der Waals surface area contributed by atoms with Crippen molar-refractivity contribution in [3.63, 3.8) is 0 Å². The number of hydrogen-bond donors (Lipinski definition) is 0. The van der Waals surface area contributed by atoms with Gasteiger partial charge in [0.15, 0.2) is 5.65 Å². The highest BCUT2D eigenvalue weighted by Crippen LogP contribution is 2.26. The average molecular weight is 396 g/mol. The number of aromatic nitrogens is 2. The van der Waals surface area contributed by atoms with Crippen LogP contribution in [-0.2, 0) is 10.0 Å². The lowest BCUT2D eigenvalue weighted by Crippen LogP contribution is -2.44. The Hall–Kier alpha value is -2.84. The normalized spacial score (nSPS) is 16.2. The van der Waals surface area contributed by atoms with E-state index in [2.05, 4.69) is 16.8 Å². The highest BCUT2D eigenvalue weighted by atomic mass is 32.2. The fourth-order valence-electron chi connectivity index (χ4n) is 3.60. The minimum Gasteiger partial charge on any atom is -0.464 e. The van der Waals surface area contributed by atoms with Gasteiger partial charge in [0.25, 0.3) is 10.0 Å². The highest BCUT2D eigenvalue weighted by Gasteiger charge is 2.22. The Labute approximate surface area is 162 Å². The Kier molecular flexibility index (Phi) is 3.92. The van der Waals surface area contributed by atoms with E-state index in [1.165, 1.54) is 3.97 Å². The lowest BCUT2D eigenvalue weighted by Gasteiger charge is -2.33. The van der Waals surface area contributed by atoms with Gasteiger partial charge in [-0.25, -0.2) is 17.4 Å². The van der Waals surface area contributed by atoms with Crippen LogP contribution in [0.1, 0.15) is 0 Å². The molecule has 28 heavy (non-hydrogen) atoms. The van der Waals surface area contributed by atoms with Gasteiger partial charge in [-0.15, -0.1) is 0 Å². The van der Waals surface area contributed by atoms with E-state index in [9.17, 15) is 8.42 Å². The van der Waals surface area contributed by atoms with Crippen LogP contribution in [0.15, 0.2) is 64.2 Å². The van der Waals surface area contributed by atoms with Crippen LogP contribution in [0.5, 0.6) is 0 Å². The van der Waals surface area contributed by atoms with Gasteiger partial charge >= 0.3 is 0 Å². The first-order valence-electron chi connectivity index (χ1n) is 9.17. The van der Waals surface area contributed by atoms with Gasteiger partial charge in [-0.05, 0) is 49.5 Å². The molecule has 0 spiro atoms. The van der Waals surface area contributed by atoms with Crippen molar-refractivity contribution < 1.29 is 12.8 Å². The zero-order chi connectivity index (χ0) is 19.3. The molecule has 144 valence electrons. The van der Waals surface area contributed by atoms with Gasteiger partial charge in [0.1, 0.15) is 11.4 Å². The molecule has 0 saturated carbocycles. The number of nitrogens with zero attached hydrogens (tertiary/aromatic N) is 4. The Bertz CT molecular complexity index is 1270. The van der Waals surface area contributed by atoms with Crippen LogP contribution in [0.3, 0.4) is 0 Å². The summed E-state index contributed by atoms with van der Waals surface area (Å²) in [5.41, 5.74) is 1.11. The summed E-state index contributed by atoms with van der Waals surface area (Å²) in [6.45, 7) is 3.67.